The molecular formula is C25H34ClFO3S. The minimum Gasteiger partial charge on any atom is -0.392 e. The van der Waals surface area contributed by atoms with E-state index in [0.29, 0.717) is 19.3 Å². The lowest BCUT2D eigenvalue weighted by Gasteiger charge is -2.45. The average Bonchev–Trinajstić information content (AvgIpc) is 3.23. The summed E-state index contributed by atoms with van der Waals surface area (Å²) in [5.74, 6) is -0.466. The first-order valence-electron chi connectivity index (χ1n) is 11.4. The van der Waals surface area contributed by atoms with Crippen LogP contribution in [0, 0.1) is 17.3 Å². The molecule has 2 fully saturated rings. The van der Waals surface area contributed by atoms with Crippen molar-refractivity contribution in [2.75, 3.05) is 0 Å². The zero-order valence-electron chi connectivity index (χ0n) is 18.0. The lowest BCUT2D eigenvalue weighted by atomic mass is 9.62. The highest BCUT2D eigenvalue weighted by molar-refractivity contribution is 7.16. The second-order valence-electron chi connectivity index (χ2n) is 9.14. The largest absolute Gasteiger partial charge is 0.392 e. The number of aldehydes is 1. The third-order valence-corrected chi connectivity index (χ3v) is 8.30. The Balaban J connectivity index is 1.54. The Bertz CT molecular complexity index is 758. The molecule has 1 aromatic rings. The predicted octanol–water partition coefficient (Wildman–Crippen LogP) is 6.07. The zero-order valence-corrected chi connectivity index (χ0v) is 19.5. The molecule has 5 atom stereocenters. The summed E-state index contributed by atoms with van der Waals surface area (Å²) < 4.78 is 15.2. The molecular weight excluding hydrogens is 435 g/mol. The second-order valence-corrected chi connectivity index (χ2v) is 10.9. The van der Waals surface area contributed by atoms with Gasteiger partial charge < -0.3 is 15.0 Å². The standard InChI is InChI=1S/C25H34ClFO3S/c26-24-12-11-18(31-24)17-25(13-7-14-25)23(30)10-6-9-20-19(21(27)16-22(20)29)8-4-2-1-3-5-15-28/h2,4,6,9,11-12,15,19-23,29-30H,1,3,5,7-8,10,13-14,16-17H2/b4-2-,9-6+/t19-,20-,21?,22-,23?/m1/s1. The maximum Gasteiger partial charge on any atom is 0.120 e. The molecule has 1 heterocycles. The molecule has 6 heteroatoms. The molecule has 0 aromatic carbocycles. The van der Waals surface area contributed by atoms with Crippen LogP contribution in [0.15, 0.2) is 36.4 Å². The number of rotatable bonds is 12. The number of hydrogen-bond donors (Lipinski definition) is 2. The normalized spacial score (nSPS) is 28.9. The van der Waals surface area contributed by atoms with E-state index in [1.165, 1.54) is 4.88 Å². The van der Waals surface area contributed by atoms with Gasteiger partial charge in [-0.1, -0.05) is 42.3 Å². The molecule has 0 spiro atoms. The lowest BCUT2D eigenvalue weighted by Crippen LogP contribution is -2.42. The molecule has 172 valence electrons. The Morgan fingerprint density at radius 1 is 1.26 bits per heavy atom. The maximum absolute atomic E-state index is 14.5. The van der Waals surface area contributed by atoms with E-state index in [1.54, 1.807) is 11.3 Å². The number of unbranched alkanes of at least 4 members (excludes halogenated alkanes) is 2. The van der Waals surface area contributed by atoms with Gasteiger partial charge in [0.05, 0.1) is 16.5 Å². The number of thiophene rings is 1. The van der Waals surface area contributed by atoms with Crippen molar-refractivity contribution in [3.8, 4) is 0 Å². The van der Waals surface area contributed by atoms with Crippen molar-refractivity contribution in [1.29, 1.82) is 0 Å². The first-order valence-corrected chi connectivity index (χ1v) is 12.6. The first-order chi connectivity index (χ1) is 14.9. The Labute approximate surface area is 194 Å². The van der Waals surface area contributed by atoms with Gasteiger partial charge in [0.2, 0.25) is 0 Å². The highest BCUT2D eigenvalue weighted by Gasteiger charge is 2.44. The molecule has 0 radical (unpaired) electrons. The molecule has 2 aliphatic rings. The van der Waals surface area contributed by atoms with Crippen LogP contribution in [0.5, 0.6) is 0 Å². The average molecular weight is 469 g/mol. The molecule has 2 N–H and O–H groups in total. The summed E-state index contributed by atoms with van der Waals surface area (Å²) in [5.41, 5.74) is -0.0981. The molecule has 3 nitrogen and oxygen atoms in total. The molecule has 0 aliphatic heterocycles. The number of carbonyl (C=O) groups is 1. The second kappa shape index (κ2) is 11.7. The van der Waals surface area contributed by atoms with E-state index in [1.807, 2.05) is 36.4 Å². The van der Waals surface area contributed by atoms with Gasteiger partial charge in [0, 0.05) is 35.0 Å². The van der Waals surface area contributed by atoms with Crippen molar-refractivity contribution in [3.05, 3.63) is 45.7 Å². The van der Waals surface area contributed by atoms with Gasteiger partial charge in [-0.05, 0) is 57.1 Å². The fourth-order valence-corrected chi connectivity index (χ4v) is 6.26. The number of carbonyl (C=O) groups excluding carboxylic acids is 1. The summed E-state index contributed by atoms with van der Waals surface area (Å²) >= 11 is 7.64. The first kappa shape index (κ1) is 24.6. The van der Waals surface area contributed by atoms with Crippen LogP contribution in [0.25, 0.3) is 0 Å². The summed E-state index contributed by atoms with van der Waals surface area (Å²) in [6, 6.07) is 3.95. The molecule has 1 aromatic heterocycles. The van der Waals surface area contributed by atoms with E-state index >= 15 is 0 Å². The summed E-state index contributed by atoms with van der Waals surface area (Å²) in [4.78, 5) is 11.6. The van der Waals surface area contributed by atoms with Crippen LogP contribution in [0.3, 0.4) is 0 Å². The van der Waals surface area contributed by atoms with Gasteiger partial charge in [-0.25, -0.2) is 4.39 Å². The van der Waals surface area contributed by atoms with Gasteiger partial charge >= 0.3 is 0 Å². The van der Waals surface area contributed by atoms with Crippen molar-refractivity contribution in [2.45, 2.75) is 82.6 Å². The maximum atomic E-state index is 14.5. The highest BCUT2D eigenvalue weighted by Crippen LogP contribution is 2.48. The van der Waals surface area contributed by atoms with E-state index < -0.39 is 18.4 Å². The third-order valence-electron chi connectivity index (χ3n) is 7.07. The van der Waals surface area contributed by atoms with Crippen LogP contribution < -0.4 is 0 Å². The van der Waals surface area contributed by atoms with Crippen molar-refractivity contribution in [2.24, 2.45) is 17.3 Å². The minimum absolute atomic E-state index is 0.0981. The van der Waals surface area contributed by atoms with Crippen molar-refractivity contribution < 1.29 is 19.4 Å². The fraction of sp³-hybridized carbons (Fsp3) is 0.640. The van der Waals surface area contributed by atoms with Gasteiger partial charge in [-0.2, -0.15) is 0 Å². The number of halogens is 2. The Hall–Kier alpha value is -1.01. The number of aliphatic hydroxyl groups is 2. The van der Waals surface area contributed by atoms with E-state index in [2.05, 4.69) is 0 Å². The van der Waals surface area contributed by atoms with Crippen LogP contribution in [0.4, 0.5) is 4.39 Å². The van der Waals surface area contributed by atoms with Gasteiger partial charge in [0.25, 0.3) is 0 Å². The molecule has 0 amide bonds. The smallest absolute Gasteiger partial charge is 0.120 e. The fourth-order valence-electron chi connectivity index (χ4n) is 5.02. The van der Waals surface area contributed by atoms with Gasteiger partial charge in [0.1, 0.15) is 12.5 Å². The Kier molecular flexibility index (Phi) is 9.32. The van der Waals surface area contributed by atoms with E-state index in [4.69, 9.17) is 11.6 Å². The molecule has 0 saturated heterocycles. The number of aliphatic hydroxyl groups excluding tert-OH is 2. The summed E-state index contributed by atoms with van der Waals surface area (Å²) in [5, 5.41) is 21.3. The van der Waals surface area contributed by atoms with Gasteiger partial charge in [-0.3, -0.25) is 0 Å². The van der Waals surface area contributed by atoms with Gasteiger partial charge in [0.15, 0.2) is 0 Å². The van der Waals surface area contributed by atoms with Crippen molar-refractivity contribution in [3.63, 3.8) is 0 Å². The Morgan fingerprint density at radius 3 is 2.71 bits per heavy atom. The third kappa shape index (κ3) is 6.50. The van der Waals surface area contributed by atoms with E-state index in [9.17, 15) is 19.4 Å². The molecule has 0 bridgehead atoms. The van der Waals surface area contributed by atoms with Gasteiger partial charge in [-0.15, -0.1) is 11.3 Å². The summed E-state index contributed by atoms with van der Waals surface area (Å²) in [6.45, 7) is 0. The quantitative estimate of drug-likeness (QED) is 0.222. The Morgan fingerprint density at radius 2 is 2.06 bits per heavy atom. The number of allylic oxidation sites excluding steroid dienone is 2. The van der Waals surface area contributed by atoms with Crippen LogP contribution in [-0.2, 0) is 11.2 Å². The van der Waals surface area contributed by atoms with E-state index in [0.717, 1.165) is 49.1 Å². The highest BCUT2D eigenvalue weighted by atomic mass is 35.5. The summed E-state index contributed by atoms with van der Waals surface area (Å²) in [6.07, 6.45) is 14.1. The monoisotopic (exact) mass is 468 g/mol. The predicted molar refractivity (Wildman–Crippen MR) is 125 cm³/mol. The van der Waals surface area contributed by atoms with Crippen LogP contribution in [-0.4, -0.2) is 34.9 Å². The number of hydrogen-bond acceptors (Lipinski definition) is 4. The molecule has 2 saturated carbocycles. The van der Waals surface area contributed by atoms with Crippen LogP contribution in [0.1, 0.15) is 62.7 Å². The molecule has 3 rings (SSSR count). The zero-order chi connectivity index (χ0) is 22.3. The molecule has 2 unspecified atom stereocenters. The summed E-state index contributed by atoms with van der Waals surface area (Å²) in [7, 11) is 0. The van der Waals surface area contributed by atoms with Crippen molar-refractivity contribution >= 4 is 29.2 Å². The SMILES string of the molecule is O=CCCC/C=C\C[C@H]1C(F)C[C@@H](O)[C@@H]1/C=C/CC(O)C1(Cc2ccc(Cl)s2)CCC1. The number of alkyl halides is 1. The topological polar surface area (TPSA) is 57.5 Å². The molecule has 31 heavy (non-hydrogen) atoms. The van der Waals surface area contributed by atoms with Crippen LogP contribution >= 0.6 is 22.9 Å². The molecule has 2 aliphatic carbocycles. The lowest BCUT2D eigenvalue weighted by molar-refractivity contribution is -0.107. The van der Waals surface area contributed by atoms with Crippen LogP contribution in [0.2, 0.25) is 4.34 Å². The van der Waals surface area contributed by atoms with Crippen molar-refractivity contribution in [1.82, 2.24) is 0 Å². The van der Waals surface area contributed by atoms with E-state index in [-0.39, 0.29) is 23.7 Å². The minimum atomic E-state index is -1.02.